The maximum absolute atomic E-state index is 2.45. The van der Waals surface area contributed by atoms with E-state index < -0.39 is 0 Å². The van der Waals surface area contributed by atoms with E-state index in [1.807, 2.05) is 0 Å². The van der Waals surface area contributed by atoms with Gasteiger partial charge < -0.3 is 0 Å². The van der Waals surface area contributed by atoms with Crippen molar-refractivity contribution in [1.82, 2.24) is 0 Å². The SMILES string of the molecule is Cc1ccc(CC2=CC(CCC3=CC=C(c4ccccc4)C3c3ccccc3C)=CC2)cc1. The third-order valence-electron chi connectivity index (χ3n) is 7.04. The highest BCUT2D eigenvalue weighted by molar-refractivity contribution is 5.79. The van der Waals surface area contributed by atoms with Gasteiger partial charge in [0.25, 0.3) is 0 Å². The van der Waals surface area contributed by atoms with Crippen LogP contribution in [-0.2, 0) is 6.42 Å². The maximum atomic E-state index is 2.45. The van der Waals surface area contributed by atoms with Gasteiger partial charge in [-0.25, -0.2) is 0 Å². The van der Waals surface area contributed by atoms with E-state index in [2.05, 4.69) is 117 Å². The summed E-state index contributed by atoms with van der Waals surface area (Å²) in [6, 6.07) is 28.7. The second-order valence-corrected chi connectivity index (χ2v) is 9.47. The highest BCUT2D eigenvalue weighted by atomic mass is 14.3. The van der Waals surface area contributed by atoms with Crippen LogP contribution in [0.4, 0.5) is 0 Å². The molecule has 0 radical (unpaired) electrons. The summed E-state index contributed by atoms with van der Waals surface area (Å²) >= 11 is 0. The Labute approximate surface area is 198 Å². The number of hydrogen-bond donors (Lipinski definition) is 0. The molecule has 0 nitrogen and oxygen atoms in total. The largest absolute Gasteiger partial charge is 0.0772 e. The monoisotopic (exact) mass is 428 g/mol. The molecule has 33 heavy (non-hydrogen) atoms. The van der Waals surface area contributed by atoms with Crippen LogP contribution in [0.2, 0.25) is 0 Å². The van der Waals surface area contributed by atoms with Crippen molar-refractivity contribution >= 4 is 5.57 Å². The van der Waals surface area contributed by atoms with E-state index in [1.54, 1.807) is 0 Å². The highest BCUT2D eigenvalue weighted by Gasteiger charge is 2.27. The normalized spacial score (nSPS) is 17.5. The number of rotatable bonds is 7. The lowest BCUT2D eigenvalue weighted by Gasteiger charge is -2.22. The van der Waals surface area contributed by atoms with Crippen molar-refractivity contribution in [2.75, 3.05) is 0 Å². The van der Waals surface area contributed by atoms with Gasteiger partial charge in [0.1, 0.15) is 0 Å². The minimum atomic E-state index is 0.353. The Kier molecular flexibility index (Phi) is 6.26. The van der Waals surface area contributed by atoms with Crippen molar-refractivity contribution in [3.63, 3.8) is 0 Å². The third-order valence-corrected chi connectivity index (χ3v) is 7.04. The molecule has 0 bridgehead atoms. The lowest BCUT2D eigenvalue weighted by molar-refractivity contribution is 0.864. The molecule has 0 amide bonds. The molecule has 5 rings (SSSR count). The van der Waals surface area contributed by atoms with E-state index in [0.29, 0.717) is 5.92 Å². The molecular formula is C33H32. The molecule has 3 aromatic rings. The van der Waals surface area contributed by atoms with Gasteiger partial charge in [0.05, 0.1) is 0 Å². The molecule has 1 atom stereocenters. The Morgan fingerprint density at radius 3 is 2.30 bits per heavy atom. The first-order valence-corrected chi connectivity index (χ1v) is 12.1. The number of hydrogen-bond acceptors (Lipinski definition) is 0. The summed E-state index contributed by atoms with van der Waals surface area (Å²) < 4.78 is 0. The molecule has 0 fully saturated rings. The van der Waals surface area contributed by atoms with Crippen LogP contribution in [0, 0.1) is 13.8 Å². The predicted molar refractivity (Wildman–Crippen MR) is 141 cm³/mol. The van der Waals surface area contributed by atoms with Crippen LogP contribution in [0.5, 0.6) is 0 Å². The molecule has 0 heterocycles. The van der Waals surface area contributed by atoms with E-state index >= 15 is 0 Å². The van der Waals surface area contributed by atoms with E-state index in [4.69, 9.17) is 0 Å². The third kappa shape index (κ3) is 4.86. The Hall–Kier alpha value is -3.38. The van der Waals surface area contributed by atoms with Crippen molar-refractivity contribution in [3.05, 3.63) is 148 Å². The van der Waals surface area contributed by atoms with Crippen molar-refractivity contribution < 1.29 is 0 Å². The first kappa shape index (κ1) is 21.5. The zero-order chi connectivity index (χ0) is 22.6. The molecule has 0 saturated heterocycles. The minimum absolute atomic E-state index is 0.353. The summed E-state index contributed by atoms with van der Waals surface area (Å²) in [4.78, 5) is 0. The van der Waals surface area contributed by atoms with E-state index in [-0.39, 0.29) is 0 Å². The number of aryl methyl sites for hydroxylation is 2. The fraction of sp³-hybridized carbons (Fsp3) is 0.212. The average molecular weight is 429 g/mol. The van der Waals surface area contributed by atoms with Crippen molar-refractivity contribution in [2.45, 2.75) is 45.4 Å². The average Bonchev–Trinajstić information content (AvgIpc) is 3.47. The summed E-state index contributed by atoms with van der Waals surface area (Å²) in [5, 5.41) is 0. The van der Waals surface area contributed by atoms with Crippen molar-refractivity contribution in [1.29, 1.82) is 0 Å². The second kappa shape index (κ2) is 9.63. The Morgan fingerprint density at radius 1 is 0.758 bits per heavy atom. The molecule has 0 heteroatoms. The van der Waals surface area contributed by atoms with Crippen LogP contribution < -0.4 is 0 Å². The second-order valence-electron chi connectivity index (χ2n) is 9.47. The Morgan fingerprint density at radius 2 is 1.52 bits per heavy atom. The van der Waals surface area contributed by atoms with Gasteiger partial charge in [-0.1, -0.05) is 125 Å². The van der Waals surface area contributed by atoms with Gasteiger partial charge in [0, 0.05) is 5.92 Å². The van der Waals surface area contributed by atoms with Gasteiger partial charge in [0.2, 0.25) is 0 Å². The van der Waals surface area contributed by atoms with Gasteiger partial charge in [0.15, 0.2) is 0 Å². The van der Waals surface area contributed by atoms with Crippen LogP contribution in [-0.4, -0.2) is 0 Å². The van der Waals surface area contributed by atoms with Crippen molar-refractivity contribution in [3.8, 4) is 0 Å². The summed E-state index contributed by atoms with van der Waals surface area (Å²) in [6.07, 6.45) is 14.0. The Bertz CT molecular complexity index is 1250. The first-order valence-electron chi connectivity index (χ1n) is 12.1. The van der Waals surface area contributed by atoms with Crippen LogP contribution >= 0.6 is 0 Å². The highest BCUT2D eigenvalue weighted by Crippen LogP contribution is 2.45. The molecule has 3 aromatic carbocycles. The summed E-state index contributed by atoms with van der Waals surface area (Å²) in [7, 11) is 0. The van der Waals surface area contributed by atoms with Gasteiger partial charge in [-0.3, -0.25) is 0 Å². The molecule has 0 N–H and O–H groups in total. The first-order chi connectivity index (χ1) is 16.2. The fourth-order valence-corrected chi connectivity index (χ4v) is 5.18. The topological polar surface area (TPSA) is 0 Å². The van der Waals surface area contributed by atoms with E-state index in [0.717, 1.165) is 25.7 Å². The lowest BCUT2D eigenvalue weighted by atomic mass is 9.81. The number of allylic oxidation sites excluding steroid dienone is 8. The Balaban J connectivity index is 1.30. The minimum Gasteiger partial charge on any atom is -0.0772 e. The van der Waals surface area contributed by atoms with Crippen LogP contribution in [0.15, 0.2) is 120 Å². The molecule has 0 aliphatic heterocycles. The lowest BCUT2D eigenvalue weighted by Crippen LogP contribution is -2.05. The maximum Gasteiger partial charge on any atom is 0.0310 e. The quantitative estimate of drug-likeness (QED) is 0.353. The van der Waals surface area contributed by atoms with Crippen LogP contribution in [0.3, 0.4) is 0 Å². The van der Waals surface area contributed by atoms with Gasteiger partial charge in [-0.15, -0.1) is 0 Å². The van der Waals surface area contributed by atoms with Crippen LogP contribution in [0.1, 0.15) is 53.0 Å². The number of benzene rings is 3. The molecule has 0 saturated carbocycles. The molecule has 0 spiro atoms. The van der Waals surface area contributed by atoms with E-state index in [9.17, 15) is 0 Å². The molecule has 2 aliphatic rings. The van der Waals surface area contributed by atoms with Crippen molar-refractivity contribution in [2.24, 2.45) is 0 Å². The summed E-state index contributed by atoms with van der Waals surface area (Å²) in [5.74, 6) is 0.353. The summed E-state index contributed by atoms with van der Waals surface area (Å²) in [5.41, 5.74) is 12.9. The molecule has 164 valence electrons. The summed E-state index contributed by atoms with van der Waals surface area (Å²) in [6.45, 7) is 4.39. The van der Waals surface area contributed by atoms with E-state index in [1.165, 1.54) is 50.1 Å². The molecular weight excluding hydrogens is 396 g/mol. The standard InChI is InChI=1S/C33H32/c1-24-12-14-26(15-13-24)22-28-17-16-27(23-28)18-19-30-20-21-32(29-9-4-3-5-10-29)33(30)31-11-7-6-8-25(31)2/h3-16,20-21,23,33H,17-19,22H2,1-2H3. The molecule has 1 unspecified atom stereocenters. The predicted octanol–water partition coefficient (Wildman–Crippen LogP) is 8.69. The van der Waals surface area contributed by atoms with Gasteiger partial charge in [-0.05, 0) is 67.4 Å². The van der Waals surface area contributed by atoms with Gasteiger partial charge in [-0.2, -0.15) is 0 Å². The zero-order valence-electron chi connectivity index (χ0n) is 19.7. The zero-order valence-corrected chi connectivity index (χ0v) is 19.7. The van der Waals surface area contributed by atoms with Gasteiger partial charge >= 0.3 is 0 Å². The molecule has 2 aliphatic carbocycles. The smallest absolute Gasteiger partial charge is 0.0310 e. The molecule has 0 aromatic heterocycles. The van der Waals surface area contributed by atoms with Crippen LogP contribution in [0.25, 0.3) is 5.57 Å². The fourth-order valence-electron chi connectivity index (χ4n) is 5.18.